The smallest absolute Gasteiger partial charge is 0.268 e. The highest BCUT2D eigenvalue weighted by atomic mass is 35.5. The first-order valence-corrected chi connectivity index (χ1v) is 14.1. The predicted molar refractivity (Wildman–Crippen MR) is 166 cm³/mol. The van der Waals surface area contributed by atoms with Crippen LogP contribution in [0.1, 0.15) is 37.8 Å². The lowest BCUT2D eigenvalue weighted by Gasteiger charge is -2.24. The Kier molecular flexibility index (Phi) is 7.85. The van der Waals surface area contributed by atoms with Crippen LogP contribution in [0.2, 0.25) is 5.02 Å². The van der Waals surface area contributed by atoms with E-state index in [1.54, 1.807) is 36.4 Å². The number of para-hydroxylation sites is 1. The zero-order chi connectivity index (χ0) is 29.9. The highest BCUT2D eigenvalue weighted by Crippen LogP contribution is 2.38. The molecule has 1 N–H and O–H groups in total. The van der Waals surface area contributed by atoms with Crippen LogP contribution in [0.3, 0.4) is 0 Å². The summed E-state index contributed by atoms with van der Waals surface area (Å²) in [6.07, 6.45) is 1.70. The number of methoxy groups -OCH3 is 2. The molecule has 0 fully saturated rings. The standard InChI is InChI=1S/C34H29ClN4O4/c1-42-26-11-7-9-22(16-26)27-18-32(43-2)28(17-29(27)35)34(41)39-21-25-13-14-31(33(40)37-19-24-10-5-6-15-36-24)38(25)20-23-8-3-4-12-30(23)39/h3-18H,19-21H2,1-2H3,(H,37,40). The molecular formula is C34H29ClN4O4. The van der Waals surface area contributed by atoms with Crippen LogP contribution in [-0.2, 0) is 19.6 Å². The molecule has 2 amide bonds. The molecule has 3 heterocycles. The molecule has 6 rings (SSSR count). The van der Waals surface area contributed by atoms with Crippen molar-refractivity contribution >= 4 is 29.1 Å². The molecule has 8 nitrogen and oxygen atoms in total. The Labute approximate surface area is 254 Å². The molecule has 9 heteroatoms. The van der Waals surface area contributed by atoms with Crippen molar-refractivity contribution in [1.29, 1.82) is 0 Å². The largest absolute Gasteiger partial charge is 0.497 e. The minimum Gasteiger partial charge on any atom is -0.497 e. The third-order valence-electron chi connectivity index (χ3n) is 7.54. The molecule has 0 spiro atoms. The number of hydrogen-bond acceptors (Lipinski definition) is 5. The molecule has 1 aliphatic rings. The summed E-state index contributed by atoms with van der Waals surface area (Å²) in [7, 11) is 3.14. The Morgan fingerprint density at radius 3 is 2.53 bits per heavy atom. The fraction of sp³-hybridized carbons (Fsp3) is 0.147. The predicted octanol–water partition coefficient (Wildman–Crippen LogP) is 6.36. The van der Waals surface area contributed by atoms with Gasteiger partial charge in [0.2, 0.25) is 0 Å². The zero-order valence-corrected chi connectivity index (χ0v) is 24.5. The van der Waals surface area contributed by atoms with Crippen molar-refractivity contribution < 1.29 is 19.1 Å². The molecule has 0 unspecified atom stereocenters. The second-order valence-corrected chi connectivity index (χ2v) is 10.5. The molecule has 5 aromatic rings. The van der Waals surface area contributed by atoms with E-state index in [9.17, 15) is 9.59 Å². The summed E-state index contributed by atoms with van der Waals surface area (Å²) in [6.45, 7) is 0.997. The maximum Gasteiger partial charge on any atom is 0.268 e. The van der Waals surface area contributed by atoms with Crippen LogP contribution in [0, 0.1) is 0 Å². The van der Waals surface area contributed by atoms with Gasteiger partial charge in [-0.05, 0) is 65.7 Å². The van der Waals surface area contributed by atoms with Gasteiger partial charge in [0.15, 0.2) is 0 Å². The van der Waals surface area contributed by atoms with E-state index >= 15 is 0 Å². The van der Waals surface area contributed by atoms with E-state index in [1.807, 2.05) is 77.4 Å². The van der Waals surface area contributed by atoms with Gasteiger partial charge < -0.3 is 24.3 Å². The van der Waals surface area contributed by atoms with E-state index in [0.29, 0.717) is 40.9 Å². The van der Waals surface area contributed by atoms with Crippen LogP contribution in [-0.4, -0.2) is 35.6 Å². The number of nitrogens with zero attached hydrogens (tertiary/aromatic N) is 3. The average Bonchev–Trinajstić information content (AvgIpc) is 3.36. The van der Waals surface area contributed by atoms with Crippen LogP contribution in [0.4, 0.5) is 5.69 Å². The van der Waals surface area contributed by atoms with Crippen molar-refractivity contribution in [2.24, 2.45) is 0 Å². The normalized spacial score (nSPS) is 12.1. The minimum absolute atomic E-state index is 0.212. The van der Waals surface area contributed by atoms with Crippen LogP contribution in [0.5, 0.6) is 11.5 Å². The highest BCUT2D eigenvalue weighted by Gasteiger charge is 2.29. The van der Waals surface area contributed by atoms with Gasteiger partial charge in [-0.15, -0.1) is 0 Å². The molecule has 0 saturated heterocycles. The van der Waals surface area contributed by atoms with E-state index in [-0.39, 0.29) is 18.4 Å². The summed E-state index contributed by atoms with van der Waals surface area (Å²) in [4.78, 5) is 33.5. The Bertz CT molecular complexity index is 1820. The number of carbonyl (C=O) groups is 2. The third-order valence-corrected chi connectivity index (χ3v) is 7.85. The highest BCUT2D eigenvalue weighted by molar-refractivity contribution is 6.34. The van der Waals surface area contributed by atoms with E-state index < -0.39 is 0 Å². The number of anilines is 1. The summed E-state index contributed by atoms with van der Waals surface area (Å²) in [5.74, 6) is 0.621. The van der Waals surface area contributed by atoms with E-state index in [0.717, 1.165) is 33.8 Å². The number of fused-ring (bicyclic) bond motifs is 2. The Morgan fingerprint density at radius 2 is 1.74 bits per heavy atom. The second-order valence-electron chi connectivity index (χ2n) is 10.1. The van der Waals surface area contributed by atoms with Crippen molar-refractivity contribution in [2.45, 2.75) is 19.6 Å². The molecule has 3 aromatic carbocycles. The van der Waals surface area contributed by atoms with Gasteiger partial charge in [-0.2, -0.15) is 0 Å². The van der Waals surface area contributed by atoms with Crippen LogP contribution in [0.15, 0.2) is 97.2 Å². The summed E-state index contributed by atoms with van der Waals surface area (Å²) in [5, 5.41) is 3.37. The first-order valence-electron chi connectivity index (χ1n) is 13.7. The van der Waals surface area contributed by atoms with Gasteiger partial charge in [0.05, 0.1) is 45.1 Å². The fourth-order valence-electron chi connectivity index (χ4n) is 5.35. The van der Waals surface area contributed by atoms with E-state index in [4.69, 9.17) is 21.1 Å². The number of nitrogens with one attached hydrogen (secondary N) is 1. The maximum atomic E-state index is 14.3. The van der Waals surface area contributed by atoms with Gasteiger partial charge in [-0.3, -0.25) is 14.6 Å². The van der Waals surface area contributed by atoms with Crippen molar-refractivity contribution in [2.75, 3.05) is 19.1 Å². The molecular weight excluding hydrogens is 564 g/mol. The van der Waals surface area contributed by atoms with Crippen molar-refractivity contribution in [3.63, 3.8) is 0 Å². The monoisotopic (exact) mass is 592 g/mol. The van der Waals surface area contributed by atoms with Crippen LogP contribution in [0.25, 0.3) is 11.1 Å². The number of ether oxygens (including phenoxy) is 2. The number of rotatable bonds is 7. The number of halogens is 1. The summed E-state index contributed by atoms with van der Waals surface area (Å²) in [6, 6.07) is 27.9. The molecule has 0 aliphatic carbocycles. The SMILES string of the molecule is COc1cccc(-c2cc(OC)c(C(=O)N3Cc4ccc(C(=O)NCc5ccccn5)n4Cc4ccccc43)cc2Cl)c1. The zero-order valence-electron chi connectivity index (χ0n) is 23.7. The van der Waals surface area contributed by atoms with Gasteiger partial charge in [-0.1, -0.05) is 48.0 Å². The summed E-state index contributed by atoms with van der Waals surface area (Å²) < 4.78 is 13.0. The van der Waals surface area contributed by atoms with Crippen molar-refractivity contribution in [1.82, 2.24) is 14.9 Å². The molecule has 2 aromatic heterocycles. The molecule has 0 radical (unpaired) electrons. The first-order chi connectivity index (χ1) is 21.0. The molecule has 43 heavy (non-hydrogen) atoms. The van der Waals surface area contributed by atoms with Gasteiger partial charge in [-0.25, -0.2) is 0 Å². The Hall–Kier alpha value is -5.08. The Balaban J connectivity index is 1.34. The topological polar surface area (TPSA) is 85.7 Å². The van der Waals surface area contributed by atoms with Gasteiger partial charge in [0.25, 0.3) is 11.8 Å². The molecule has 216 valence electrons. The molecule has 0 saturated carbocycles. The van der Waals surface area contributed by atoms with Crippen molar-refractivity contribution in [3.8, 4) is 22.6 Å². The fourth-order valence-corrected chi connectivity index (χ4v) is 5.62. The quantitative estimate of drug-likeness (QED) is 0.238. The number of aromatic nitrogens is 2. The average molecular weight is 593 g/mol. The van der Waals surface area contributed by atoms with Crippen LogP contribution < -0.4 is 19.7 Å². The number of hydrogen-bond donors (Lipinski definition) is 1. The van der Waals surface area contributed by atoms with Crippen molar-refractivity contribution in [3.05, 3.63) is 130 Å². The first kappa shape index (κ1) is 28.1. The minimum atomic E-state index is -0.265. The lowest BCUT2D eigenvalue weighted by molar-refractivity contribution is 0.0940. The number of pyridine rings is 1. The summed E-state index contributed by atoms with van der Waals surface area (Å²) >= 11 is 6.78. The van der Waals surface area contributed by atoms with Gasteiger partial charge >= 0.3 is 0 Å². The van der Waals surface area contributed by atoms with E-state index in [2.05, 4.69) is 10.3 Å². The maximum absolute atomic E-state index is 14.3. The Morgan fingerprint density at radius 1 is 0.907 bits per heavy atom. The summed E-state index contributed by atoms with van der Waals surface area (Å²) in [5.41, 5.74) is 5.67. The second kappa shape index (κ2) is 12.0. The van der Waals surface area contributed by atoms with E-state index in [1.165, 1.54) is 7.11 Å². The lowest BCUT2D eigenvalue weighted by Crippen LogP contribution is -2.31. The van der Waals surface area contributed by atoms with Gasteiger partial charge in [0, 0.05) is 28.2 Å². The number of carbonyl (C=O) groups excluding carboxylic acids is 2. The lowest BCUT2D eigenvalue weighted by atomic mass is 10.0. The van der Waals surface area contributed by atoms with Gasteiger partial charge in [0.1, 0.15) is 17.2 Å². The number of amides is 2. The van der Waals surface area contributed by atoms with Crippen LogP contribution >= 0.6 is 11.6 Å². The molecule has 0 bridgehead atoms. The third kappa shape index (κ3) is 5.57. The number of benzene rings is 3. The molecule has 0 atom stereocenters. The molecule has 1 aliphatic heterocycles.